The number of esters is 1. The summed E-state index contributed by atoms with van der Waals surface area (Å²) in [5, 5.41) is 0.627. The Balaban J connectivity index is 1.72. The summed E-state index contributed by atoms with van der Waals surface area (Å²) < 4.78 is 37.0. The zero-order valence-electron chi connectivity index (χ0n) is 15.7. The van der Waals surface area contributed by atoms with Crippen molar-refractivity contribution in [1.82, 2.24) is 4.72 Å². The van der Waals surface area contributed by atoms with E-state index in [-0.39, 0.29) is 12.4 Å². The van der Waals surface area contributed by atoms with Gasteiger partial charge in [0, 0.05) is 11.6 Å². The summed E-state index contributed by atoms with van der Waals surface area (Å²) in [6.07, 6.45) is 0.983. The monoisotopic (exact) mass is 425 g/mol. The van der Waals surface area contributed by atoms with Gasteiger partial charge in [-0.1, -0.05) is 35.9 Å². The molecule has 0 amide bonds. The van der Waals surface area contributed by atoms with Gasteiger partial charge in [-0.3, -0.25) is 0 Å². The van der Waals surface area contributed by atoms with Crippen LogP contribution in [0.25, 0.3) is 0 Å². The molecule has 0 aromatic heterocycles. The van der Waals surface area contributed by atoms with Gasteiger partial charge in [-0.2, -0.15) is 0 Å². The molecule has 0 heterocycles. The quantitative estimate of drug-likeness (QED) is 0.560. The second kappa shape index (κ2) is 11.0. The second-order valence-electron chi connectivity index (χ2n) is 6.08. The molecule has 8 heteroatoms. The zero-order chi connectivity index (χ0) is 20.4. The fourth-order valence-corrected chi connectivity index (χ4v) is 3.61. The van der Waals surface area contributed by atoms with E-state index in [4.69, 9.17) is 21.1 Å². The van der Waals surface area contributed by atoms with Crippen LogP contribution in [0.15, 0.2) is 48.5 Å². The van der Waals surface area contributed by atoms with Gasteiger partial charge >= 0.3 is 5.97 Å². The average Bonchev–Trinajstić information content (AvgIpc) is 2.67. The van der Waals surface area contributed by atoms with E-state index in [0.29, 0.717) is 36.8 Å². The van der Waals surface area contributed by atoms with E-state index in [9.17, 15) is 13.2 Å². The lowest BCUT2D eigenvalue weighted by Crippen LogP contribution is -2.29. The molecule has 1 N–H and O–H groups in total. The van der Waals surface area contributed by atoms with E-state index in [1.165, 1.54) is 0 Å². The summed E-state index contributed by atoms with van der Waals surface area (Å²) in [5.74, 6) is 0.162. The lowest BCUT2D eigenvalue weighted by Gasteiger charge is -2.08. The Hall–Kier alpha value is -2.09. The number of carbonyl (C=O) groups is 1. The number of rotatable bonds is 11. The highest BCUT2D eigenvalue weighted by atomic mass is 35.5. The molecule has 0 saturated carbocycles. The number of hydrogen-bond donors (Lipinski definition) is 1. The van der Waals surface area contributed by atoms with Crippen molar-refractivity contribution in [2.75, 3.05) is 25.5 Å². The smallest absolute Gasteiger partial charge is 0.344 e. The molecule has 152 valence electrons. The molecule has 0 saturated heterocycles. The zero-order valence-corrected chi connectivity index (χ0v) is 17.3. The van der Waals surface area contributed by atoms with Gasteiger partial charge in [0.2, 0.25) is 10.0 Å². The first-order chi connectivity index (χ1) is 13.4. The molecule has 0 fully saturated rings. The van der Waals surface area contributed by atoms with E-state index < -0.39 is 16.0 Å². The minimum absolute atomic E-state index is 0.0231. The van der Waals surface area contributed by atoms with Crippen LogP contribution >= 0.6 is 11.6 Å². The van der Waals surface area contributed by atoms with Gasteiger partial charge in [0.05, 0.1) is 12.4 Å². The first-order valence-electron chi connectivity index (χ1n) is 8.97. The van der Waals surface area contributed by atoms with Crippen molar-refractivity contribution in [3.05, 3.63) is 64.7 Å². The van der Waals surface area contributed by atoms with Crippen LogP contribution in [0.2, 0.25) is 5.02 Å². The summed E-state index contributed by atoms with van der Waals surface area (Å²) in [6, 6.07) is 14.3. The van der Waals surface area contributed by atoms with Crippen molar-refractivity contribution >= 4 is 27.6 Å². The van der Waals surface area contributed by atoms with Gasteiger partial charge in [0.1, 0.15) is 5.75 Å². The molecule has 0 bridgehead atoms. The summed E-state index contributed by atoms with van der Waals surface area (Å²) in [6.45, 7) is 2.22. The van der Waals surface area contributed by atoms with E-state index in [1.54, 1.807) is 31.2 Å². The number of nitrogens with one attached hydrogen (secondary N) is 1. The Morgan fingerprint density at radius 2 is 1.61 bits per heavy atom. The second-order valence-corrected chi connectivity index (χ2v) is 8.44. The molecule has 28 heavy (non-hydrogen) atoms. The highest BCUT2D eigenvalue weighted by Crippen LogP contribution is 2.13. The predicted molar refractivity (Wildman–Crippen MR) is 109 cm³/mol. The maximum Gasteiger partial charge on any atom is 0.344 e. The van der Waals surface area contributed by atoms with Gasteiger partial charge in [-0.25, -0.2) is 17.9 Å². The number of carbonyl (C=O) groups excluding carboxylic acids is 1. The fraction of sp³-hybridized carbons (Fsp3) is 0.350. The van der Waals surface area contributed by atoms with Crippen LogP contribution in [0, 0.1) is 0 Å². The lowest BCUT2D eigenvalue weighted by molar-refractivity contribution is -0.145. The molecule has 2 rings (SSSR count). The third-order valence-electron chi connectivity index (χ3n) is 3.89. The van der Waals surface area contributed by atoms with Crippen LogP contribution in [-0.2, 0) is 32.4 Å². The standard InChI is InChI=1S/C20H24ClNO5S/c1-2-26-20(23)15-27-19-9-5-16(6-10-19)11-13-22-28(24,25)14-12-17-3-7-18(21)8-4-17/h3-10,22H,2,11-15H2,1H3. The number of sulfonamides is 1. The van der Waals surface area contributed by atoms with Crippen molar-refractivity contribution < 1.29 is 22.7 Å². The SMILES string of the molecule is CCOC(=O)COc1ccc(CCNS(=O)(=O)CCc2ccc(Cl)cc2)cc1. The molecule has 0 atom stereocenters. The first kappa shape index (κ1) is 22.2. The maximum absolute atomic E-state index is 12.1. The topological polar surface area (TPSA) is 81.7 Å². The largest absolute Gasteiger partial charge is 0.482 e. The number of aryl methyl sites for hydroxylation is 1. The van der Waals surface area contributed by atoms with Crippen molar-refractivity contribution in [1.29, 1.82) is 0 Å². The Bertz CT molecular complexity index is 851. The van der Waals surface area contributed by atoms with E-state index in [2.05, 4.69) is 4.72 Å². The number of halogens is 1. The van der Waals surface area contributed by atoms with Crippen LogP contribution < -0.4 is 9.46 Å². The van der Waals surface area contributed by atoms with Crippen molar-refractivity contribution in [3.63, 3.8) is 0 Å². The summed E-state index contributed by atoms with van der Waals surface area (Å²) in [4.78, 5) is 11.3. The minimum atomic E-state index is -3.35. The third-order valence-corrected chi connectivity index (χ3v) is 5.53. The van der Waals surface area contributed by atoms with Crippen LogP contribution in [0.5, 0.6) is 5.75 Å². The molecule has 0 radical (unpaired) electrons. The predicted octanol–water partition coefficient (Wildman–Crippen LogP) is 2.99. The van der Waals surface area contributed by atoms with Gasteiger partial charge in [-0.15, -0.1) is 0 Å². The summed E-state index contributed by atoms with van der Waals surface area (Å²) in [7, 11) is -3.35. The van der Waals surface area contributed by atoms with Crippen LogP contribution in [0.1, 0.15) is 18.1 Å². The molecule has 0 aliphatic heterocycles. The molecule has 2 aromatic rings. The Labute approximate surface area is 170 Å². The Morgan fingerprint density at radius 3 is 2.25 bits per heavy atom. The van der Waals surface area contributed by atoms with Gasteiger partial charge < -0.3 is 9.47 Å². The van der Waals surface area contributed by atoms with E-state index in [1.807, 2.05) is 24.3 Å². The molecular formula is C20H24ClNO5S. The van der Waals surface area contributed by atoms with Crippen LogP contribution in [0.3, 0.4) is 0 Å². The van der Waals surface area contributed by atoms with Crippen LogP contribution in [-0.4, -0.2) is 39.9 Å². The van der Waals surface area contributed by atoms with E-state index >= 15 is 0 Å². The molecular weight excluding hydrogens is 402 g/mol. The lowest BCUT2D eigenvalue weighted by atomic mass is 10.1. The summed E-state index contributed by atoms with van der Waals surface area (Å²) in [5.41, 5.74) is 1.89. The molecule has 2 aromatic carbocycles. The fourth-order valence-electron chi connectivity index (χ4n) is 2.42. The van der Waals surface area contributed by atoms with Gasteiger partial charge in [0.25, 0.3) is 0 Å². The van der Waals surface area contributed by atoms with Crippen molar-refractivity contribution in [2.45, 2.75) is 19.8 Å². The highest BCUT2D eigenvalue weighted by molar-refractivity contribution is 7.89. The average molecular weight is 426 g/mol. The normalized spacial score (nSPS) is 11.2. The molecule has 6 nitrogen and oxygen atoms in total. The minimum Gasteiger partial charge on any atom is -0.482 e. The van der Waals surface area contributed by atoms with Gasteiger partial charge in [-0.05, 0) is 55.2 Å². The molecule has 0 spiro atoms. The number of benzene rings is 2. The molecule has 0 unspecified atom stereocenters. The van der Waals surface area contributed by atoms with Gasteiger partial charge in [0.15, 0.2) is 6.61 Å². The highest BCUT2D eigenvalue weighted by Gasteiger charge is 2.10. The van der Waals surface area contributed by atoms with Crippen LogP contribution in [0.4, 0.5) is 0 Å². The molecule has 0 aliphatic rings. The van der Waals surface area contributed by atoms with E-state index in [0.717, 1.165) is 11.1 Å². The number of ether oxygens (including phenoxy) is 2. The van der Waals surface area contributed by atoms with Crippen molar-refractivity contribution in [2.24, 2.45) is 0 Å². The Morgan fingerprint density at radius 1 is 1.00 bits per heavy atom. The van der Waals surface area contributed by atoms with Crippen molar-refractivity contribution in [3.8, 4) is 5.75 Å². The third kappa shape index (κ3) is 8.29. The Kier molecular flexibility index (Phi) is 8.76. The maximum atomic E-state index is 12.1. The molecule has 0 aliphatic carbocycles. The number of hydrogen-bond acceptors (Lipinski definition) is 5. The summed E-state index contributed by atoms with van der Waals surface area (Å²) >= 11 is 5.82. The first-order valence-corrected chi connectivity index (χ1v) is 11.0.